The number of carboxylic acid groups (broad SMARTS) is 1. The van der Waals surface area contributed by atoms with E-state index in [4.69, 9.17) is 9.84 Å². The number of aromatic carboxylic acids is 1. The molecule has 0 atom stereocenters. The number of halogens is 1. The average molecular weight is 323 g/mol. The minimum atomic E-state index is -1.20. The normalized spacial score (nSPS) is 9.73. The summed E-state index contributed by atoms with van der Waals surface area (Å²) < 4.78 is 4.84. The van der Waals surface area contributed by atoms with Crippen molar-refractivity contribution < 1.29 is 19.6 Å². The summed E-state index contributed by atoms with van der Waals surface area (Å²) in [6.45, 7) is 0. The van der Waals surface area contributed by atoms with Gasteiger partial charge in [0.15, 0.2) is 5.75 Å². The van der Waals surface area contributed by atoms with Crippen LogP contribution in [0, 0.1) is 13.7 Å². The Hall–Kier alpha value is -1.38. The van der Waals surface area contributed by atoms with Gasteiger partial charge in [0.2, 0.25) is 0 Å². The highest BCUT2D eigenvalue weighted by molar-refractivity contribution is 14.1. The third kappa shape index (κ3) is 2.17. The fourth-order valence-corrected chi connectivity index (χ4v) is 1.92. The molecule has 0 aliphatic heterocycles. The first-order valence-electron chi connectivity index (χ1n) is 3.73. The fraction of sp³-hybridized carbons (Fsp3) is 0.125. The van der Waals surface area contributed by atoms with Gasteiger partial charge in [-0.25, -0.2) is 4.79 Å². The summed E-state index contributed by atoms with van der Waals surface area (Å²) in [4.78, 5) is 20.8. The number of carboxylic acids is 1. The first kappa shape index (κ1) is 11.7. The third-order valence-corrected chi connectivity index (χ3v) is 2.80. The van der Waals surface area contributed by atoms with Crippen LogP contribution in [0.2, 0.25) is 0 Å². The highest BCUT2D eigenvalue weighted by Crippen LogP contribution is 2.34. The third-order valence-electron chi connectivity index (χ3n) is 1.71. The van der Waals surface area contributed by atoms with E-state index in [9.17, 15) is 14.9 Å². The van der Waals surface area contributed by atoms with Crippen molar-refractivity contribution in [1.29, 1.82) is 0 Å². The van der Waals surface area contributed by atoms with Crippen LogP contribution in [-0.2, 0) is 0 Å². The van der Waals surface area contributed by atoms with Gasteiger partial charge in [0.1, 0.15) is 3.57 Å². The van der Waals surface area contributed by atoms with Crippen molar-refractivity contribution in [1.82, 2.24) is 0 Å². The Labute approximate surface area is 98.1 Å². The molecule has 0 saturated carbocycles. The summed E-state index contributed by atoms with van der Waals surface area (Å²) >= 11 is 1.62. The number of nitro groups is 1. The number of carbonyl (C=O) groups is 1. The lowest BCUT2D eigenvalue weighted by Gasteiger charge is -2.05. The van der Waals surface area contributed by atoms with Gasteiger partial charge in [-0.15, -0.1) is 0 Å². The Bertz CT molecular complexity index is 431. The van der Waals surface area contributed by atoms with E-state index < -0.39 is 10.9 Å². The van der Waals surface area contributed by atoms with Gasteiger partial charge in [0.25, 0.3) is 0 Å². The monoisotopic (exact) mass is 323 g/mol. The van der Waals surface area contributed by atoms with Crippen LogP contribution in [0.15, 0.2) is 12.1 Å². The molecule has 0 aromatic heterocycles. The van der Waals surface area contributed by atoms with Crippen molar-refractivity contribution in [2.45, 2.75) is 0 Å². The van der Waals surface area contributed by atoms with Crippen molar-refractivity contribution in [2.75, 3.05) is 7.11 Å². The number of benzene rings is 1. The molecule has 0 heterocycles. The van der Waals surface area contributed by atoms with E-state index in [1.54, 1.807) is 22.6 Å². The van der Waals surface area contributed by atoms with Gasteiger partial charge in [0, 0.05) is 0 Å². The molecular weight excluding hydrogens is 317 g/mol. The Morgan fingerprint density at radius 2 is 2.20 bits per heavy atom. The fourth-order valence-electron chi connectivity index (χ4n) is 1.05. The Kier molecular flexibility index (Phi) is 3.45. The zero-order valence-corrected chi connectivity index (χ0v) is 9.72. The van der Waals surface area contributed by atoms with Crippen LogP contribution in [0.1, 0.15) is 10.4 Å². The molecule has 15 heavy (non-hydrogen) atoms. The Morgan fingerprint density at radius 3 is 2.60 bits per heavy atom. The van der Waals surface area contributed by atoms with E-state index in [1.807, 2.05) is 0 Å². The van der Waals surface area contributed by atoms with Gasteiger partial charge in [0.05, 0.1) is 17.6 Å². The predicted molar refractivity (Wildman–Crippen MR) is 59.3 cm³/mol. The molecule has 0 unspecified atom stereocenters. The van der Waals surface area contributed by atoms with E-state index in [0.29, 0.717) is 0 Å². The number of hydrogen-bond donors (Lipinski definition) is 1. The lowest BCUT2D eigenvalue weighted by Crippen LogP contribution is -2.04. The number of nitro benzene ring substituents is 1. The highest BCUT2D eigenvalue weighted by atomic mass is 127. The molecule has 6 nitrogen and oxygen atoms in total. The maximum Gasteiger partial charge on any atom is 0.337 e. The number of hydrogen-bond acceptors (Lipinski definition) is 4. The first-order valence-corrected chi connectivity index (χ1v) is 4.81. The summed E-state index contributed by atoms with van der Waals surface area (Å²) in [6, 6.07) is 2.54. The van der Waals surface area contributed by atoms with E-state index in [0.717, 1.165) is 0 Å². The molecule has 0 amide bonds. The summed E-state index contributed by atoms with van der Waals surface area (Å²) in [5, 5.41) is 19.5. The number of methoxy groups -OCH3 is 1. The molecule has 0 spiro atoms. The summed E-state index contributed by atoms with van der Waals surface area (Å²) in [5.74, 6) is -1.15. The molecule has 0 aliphatic rings. The standard InChI is InChI=1S/C8H6INO5/c1-15-5-3-2-4(8(11)12)6(9)7(5)10(13)14/h2-3H,1H3,(H,11,12). The van der Waals surface area contributed by atoms with Crippen molar-refractivity contribution in [3.05, 3.63) is 31.4 Å². The topological polar surface area (TPSA) is 89.7 Å². The molecular formula is C8H6INO5. The molecule has 0 bridgehead atoms. The van der Waals surface area contributed by atoms with Gasteiger partial charge >= 0.3 is 11.7 Å². The minimum absolute atomic E-state index is 0.0504. The molecule has 0 saturated heterocycles. The molecule has 0 aliphatic carbocycles. The van der Waals surface area contributed by atoms with Gasteiger partial charge in [-0.1, -0.05) is 0 Å². The zero-order chi connectivity index (χ0) is 11.6. The molecule has 1 N–H and O–H groups in total. The number of rotatable bonds is 3. The van der Waals surface area contributed by atoms with E-state index in [-0.39, 0.29) is 20.6 Å². The molecule has 1 aromatic rings. The van der Waals surface area contributed by atoms with Crippen molar-refractivity contribution in [3.63, 3.8) is 0 Å². The lowest BCUT2D eigenvalue weighted by atomic mass is 10.2. The highest BCUT2D eigenvalue weighted by Gasteiger charge is 2.24. The van der Waals surface area contributed by atoms with Crippen LogP contribution in [0.3, 0.4) is 0 Å². The van der Waals surface area contributed by atoms with E-state index in [1.165, 1.54) is 19.2 Å². The first-order chi connectivity index (χ1) is 6.99. The minimum Gasteiger partial charge on any atom is -0.490 e. The van der Waals surface area contributed by atoms with E-state index >= 15 is 0 Å². The summed E-state index contributed by atoms with van der Waals surface area (Å²) in [7, 11) is 1.29. The summed E-state index contributed by atoms with van der Waals surface area (Å²) in [5.41, 5.74) is -0.430. The molecule has 80 valence electrons. The molecule has 0 fully saturated rings. The van der Waals surface area contributed by atoms with Crippen LogP contribution in [-0.4, -0.2) is 23.1 Å². The molecule has 0 radical (unpaired) electrons. The number of nitrogens with zero attached hydrogens (tertiary/aromatic N) is 1. The van der Waals surface area contributed by atoms with Crippen LogP contribution in [0.5, 0.6) is 5.75 Å². The second-order valence-corrected chi connectivity index (χ2v) is 3.62. The van der Waals surface area contributed by atoms with Crippen molar-refractivity contribution in [2.24, 2.45) is 0 Å². The van der Waals surface area contributed by atoms with Gasteiger partial charge in [-0.3, -0.25) is 10.1 Å². The maximum absolute atomic E-state index is 10.7. The van der Waals surface area contributed by atoms with Crippen LogP contribution in [0.25, 0.3) is 0 Å². The SMILES string of the molecule is COc1ccc(C(=O)O)c(I)c1[N+](=O)[O-]. The smallest absolute Gasteiger partial charge is 0.337 e. The van der Waals surface area contributed by atoms with Gasteiger partial charge in [-0.2, -0.15) is 0 Å². The van der Waals surface area contributed by atoms with Crippen molar-refractivity contribution >= 4 is 34.2 Å². The Balaban J connectivity index is 3.49. The van der Waals surface area contributed by atoms with E-state index in [2.05, 4.69) is 0 Å². The largest absolute Gasteiger partial charge is 0.490 e. The molecule has 7 heteroatoms. The zero-order valence-electron chi connectivity index (χ0n) is 7.56. The quantitative estimate of drug-likeness (QED) is 0.521. The molecule has 1 rings (SSSR count). The lowest BCUT2D eigenvalue weighted by molar-refractivity contribution is -0.386. The predicted octanol–water partition coefficient (Wildman–Crippen LogP) is 1.91. The van der Waals surface area contributed by atoms with Gasteiger partial charge < -0.3 is 9.84 Å². The van der Waals surface area contributed by atoms with Crippen LogP contribution in [0.4, 0.5) is 5.69 Å². The maximum atomic E-state index is 10.7. The average Bonchev–Trinajstić information content (AvgIpc) is 2.15. The van der Waals surface area contributed by atoms with Crippen LogP contribution < -0.4 is 4.74 Å². The Morgan fingerprint density at radius 1 is 1.60 bits per heavy atom. The number of ether oxygens (including phenoxy) is 1. The second-order valence-electron chi connectivity index (χ2n) is 2.54. The van der Waals surface area contributed by atoms with Crippen molar-refractivity contribution in [3.8, 4) is 5.75 Å². The molecule has 1 aromatic carbocycles. The second kappa shape index (κ2) is 4.43. The van der Waals surface area contributed by atoms with Crippen LogP contribution >= 0.6 is 22.6 Å². The summed E-state index contributed by atoms with van der Waals surface area (Å²) in [6.07, 6.45) is 0. The van der Waals surface area contributed by atoms with Gasteiger partial charge in [-0.05, 0) is 34.7 Å².